The lowest BCUT2D eigenvalue weighted by atomic mass is 9.99. The lowest BCUT2D eigenvalue weighted by Crippen LogP contribution is -1.81. The highest BCUT2D eigenvalue weighted by molar-refractivity contribution is 5.71. The second kappa shape index (κ2) is 5.42. The van der Waals surface area contributed by atoms with Crippen molar-refractivity contribution in [3.63, 3.8) is 0 Å². The van der Waals surface area contributed by atoms with Crippen LogP contribution < -0.4 is 0 Å². The predicted octanol–water partition coefficient (Wildman–Crippen LogP) is 4.89. The van der Waals surface area contributed by atoms with Crippen molar-refractivity contribution in [3.05, 3.63) is 84.4 Å². The third kappa shape index (κ3) is 2.46. The molecule has 94 valence electrons. The summed E-state index contributed by atoms with van der Waals surface area (Å²) in [6.07, 6.45) is 0. The molecule has 3 aromatic carbocycles. The standard InChI is InChI=1S/C19H13N/c20-14-15-5-4-8-19(13-15)18-11-9-17(10-12-18)16-6-2-1-3-7-16/h1-13H. The summed E-state index contributed by atoms with van der Waals surface area (Å²) >= 11 is 0. The van der Waals surface area contributed by atoms with Crippen molar-refractivity contribution in [1.82, 2.24) is 0 Å². The molecule has 1 nitrogen and oxygen atoms in total. The van der Waals surface area contributed by atoms with Gasteiger partial charge in [-0.1, -0.05) is 66.7 Å². The Labute approximate surface area is 118 Å². The molecule has 0 N–H and O–H groups in total. The van der Waals surface area contributed by atoms with E-state index in [-0.39, 0.29) is 0 Å². The van der Waals surface area contributed by atoms with E-state index in [2.05, 4.69) is 42.5 Å². The fraction of sp³-hybridized carbons (Fsp3) is 0. The zero-order valence-electron chi connectivity index (χ0n) is 11.0. The third-order valence-electron chi connectivity index (χ3n) is 3.32. The van der Waals surface area contributed by atoms with Gasteiger partial charge >= 0.3 is 0 Å². The molecular formula is C19H13N. The van der Waals surface area contributed by atoms with E-state index in [1.54, 1.807) is 0 Å². The van der Waals surface area contributed by atoms with Gasteiger partial charge in [-0.25, -0.2) is 0 Å². The van der Waals surface area contributed by atoms with Gasteiger partial charge in [-0.05, 0) is 34.4 Å². The first-order valence-electron chi connectivity index (χ1n) is 6.53. The van der Waals surface area contributed by atoms with Crippen molar-refractivity contribution in [3.8, 4) is 28.3 Å². The van der Waals surface area contributed by atoms with Gasteiger partial charge < -0.3 is 0 Å². The van der Waals surface area contributed by atoms with E-state index in [1.165, 1.54) is 11.1 Å². The monoisotopic (exact) mass is 255 g/mol. The van der Waals surface area contributed by atoms with Gasteiger partial charge in [-0.15, -0.1) is 0 Å². The number of hydrogen-bond donors (Lipinski definition) is 0. The summed E-state index contributed by atoms with van der Waals surface area (Å²) in [6.45, 7) is 0. The Hall–Kier alpha value is -2.85. The summed E-state index contributed by atoms with van der Waals surface area (Å²) in [5.74, 6) is 0. The van der Waals surface area contributed by atoms with Crippen LogP contribution in [0.2, 0.25) is 0 Å². The summed E-state index contributed by atoms with van der Waals surface area (Å²) in [7, 11) is 0. The smallest absolute Gasteiger partial charge is 0.0991 e. The molecule has 0 bridgehead atoms. The van der Waals surface area contributed by atoms with Gasteiger partial charge in [0.15, 0.2) is 0 Å². The van der Waals surface area contributed by atoms with Gasteiger partial charge in [0, 0.05) is 0 Å². The van der Waals surface area contributed by atoms with Gasteiger partial charge in [0.05, 0.1) is 11.6 Å². The first-order valence-corrected chi connectivity index (χ1v) is 6.53. The van der Waals surface area contributed by atoms with E-state index >= 15 is 0 Å². The number of rotatable bonds is 2. The zero-order valence-corrected chi connectivity index (χ0v) is 11.0. The van der Waals surface area contributed by atoms with Gasteiger partial charge in [-0.3, -0.25) is 0 Å². The lowest BCUT2D eigenvalue weighted by Gasteiger charge is -2.05. The lowest BCUT2D eigenvalue weighted by molar-refractivity contribution is 1.48. The third-order valence-corrected chi connectivity index (χ3v) is 3.32. The summed E-state index contributed by atoms with van der Waals surface area (Å²) in [5.41, 5.74) is 5.30. The Balaban J connectivity index is 1.96. The van der Waals surface area contributed by atoms with Crippen LogP contribution in [0.4, 0.5) is 0 Å². The van der Waals surface area contributed by atoms with E-state index < -0.39 is 0 Å². The van der Waals surface area contributed by atoms with Crippen LogP contribution in [0.5, 0.6) is 0 Å². The predicted molar refractivity (Wildman–Crippen MR) is 82.0 cm³/mol. The molecule has 0 aliphatic carbocycles. The fourth-order valence-corrected chi connectivity index (χ4v) is 2.25. The molecule has 0 aliphatic heterocycles. The molecule has 0 heterocycles. The molecule has 0 fully saturated rings. The van der Waals surface area contributed by atoms with E-state index in [4.69, 9.17) is 5.26 Å². The van der Waals surface area contributed by atoms with E-state index in [0.29, 0.717) is 5.56 Å². The van der Waals surface area contributed by atoms with Crippen LogP contribution in [0.1, 0.15) is 5.56 Å². The molecule has 0 saturated heterocycles. The summed E-state index contributed by atoms with van der Waals surface area (Å²) in [5, 5.41) is 8.95. The molecule has 0 atom stereocenters. The Bertz CT molecular complexity index is 750. The molecule has 0 unspecified atom stereocenters. The Morgan fingerprint density at radius 3 is 1.75 bits per heavy atom. The Morgan fingerprint density at radius 2 is 1.10 bits per heavy atom. The van der Waals surface area contributed by atoms with Crippen molar-refractivity contribution < 1.29 is 0 Å². The molecule has 3 aromatic rings. The second-order valence-corrected chi connectivity index (χ2v) is 4.64. The maximum absolute atomic E-state index is 8.95. The van der Waals surface area contributed by atoms with Crippen LogP contribution in [-0.2, 0) is 0 Å². The van der Waals surface area contributed by atoms with Crippen LogP contribution in [0.15, 0.2) is 78.9 Å². The van der Waals surface area contributed by atoms with Crippen molar-refractivity contribution in [2.75, 3.05) is 0 Å². The van der Waals surface area contributed by atoms with Crippen LogP contribution in [0, 0.1) is 11.3 Å². The van der Waals surface area contributed by atoms with Gasteiger partial charge in [-0.2, -0.15) is 5.26 Å². The minimum Gasteiger partial charge on any atom is -0.192 e. The molecule has 0 saturated carbocycles. The highest BCUT2D eigenvalue weighted by atomic mass is 14.2. The second-order valence-electron chi connectivity index (χ2n) is 4.64. The van der Waals surface area contributed by atoms with E-state index in [0.717, 1.165) is 11.1 Å². The molecule has 3 rings (SSSR count). The zero-order chi connectivity index (χ0) is 13.8. The quantitative estimate of drug-likeness (QED) is 0.639. The van der Waals surface area contributed by atoms with Crippen LogP contribution in [0.25, 0.3) is 22.3 Å². The average Bonchev–Trinajstić information content (AvgIpc) is 2.56. The maximum atomic E-state index is 8.95. The summed E-state index contributed by atoms with van der Waals surface area (Å²) in [4.78, 5) is 0. The molecular weight excluding hydrogens is 242 g/mol. The molecule has 0 spiro atoms. The van der Waals surface area contributed by atoms with Crippen molar-refractivity contribution in [2.45, 2.75) is 0 Å². The molecule has 0 aliphatic rings. The van der Waals surface area contributed by atoms with E-state index in [9.17, 15) is 0 Å². The SMILES string of the molecule is N#Cc1cccc(-c2ccc(-c3ccccc3)cc2)c1. The number of nitriles is 1. The Morgan fingerprint density at radius 1 is 0.550 bits per heavy atom. The van der Waals surface area contributed by atoms with Crippen molar-refractivity contribution in [1.29, 1.82) is 5.26 Å². The molecule has 0 radical (unpaired) electrons. The highest BCUT2D eigenvalue weighted by Gasteiger charge is 2.01. The fourth-order valence-electron chi connectivity index (χ4n) is 2.25. The van der Waals surface area contributed by atoms with Gasteiger partial charge in [0.2, 0.25) is 0 Å². The minimum atomic E-state index is 0.689. The van der Waals surface area contributed by atoms with Crippen molar-refractivity contribution in [2.24, 2.45) is 0 Å². The van der Waals surface area contributed by atoms with Gasteiger partial charge in [0.1, 0.15) is 0 Å². The van der Waals surface area contributed by atoms with Gasteiger partial charge in [0.25, 0.3) is 0 Å². The number of nitrogens with zero attached hydrogens (tertiary/aromatic N) is 1. The normalized spacial score (nSPS) is 9.95. The number of benzene rings is 3. The highest BCUT2D eigenvalue weighted by Crippen LogP contribution is 2.25. The van der Waals surface area contributed by atoms with Crippen molar-refractivity contribution >= 4 is 0 Å². The first-order chi connectivity index (χ1) is 9.86. The molecule has 20 heavy (non-hydrogen) atoms. The Kier molecular flexibility index (Phi) is 3.31. The summed E-state index contributed by atoms with van der Waals surface area (Å²) < 4.78 is 0. The maximum Gasteiger partial charge on any atom is 0.0991 e. The largest absolute Gasteiger partial charge is 0.192 e. The minimum absolute atomic E-state index is 0.689. The first kappa shape index (κ1) is 12.2. The average molecular weight is 255 g/mol. The summed E-state index contributed by atoms with van der Waals surface area (Å²) in [6, 6.07) is 28.6. The molecule has 0 amide bonds. The number of hydrogen-bond acceptors (Lipinski definition) is 1. The molecule has 1 heteroatoms. The van der Waals surface area contributed by atoms with Crippen LogP contribution in [0.3, 0.4) is 0 Å². The van der Waals surface area contributed by atoms with E-state index in [1.807, 2.05) is 42.5 Å². The molecule has 0 aromatic heterocycles. The topological polar surface area (TPSA) is 23.8 Å². The van der Waals surface area contributed by atoms with Crippen LogP contribution >= 0.6 is 0 Å². The van der Waals surface area contributed by atoms with Crippen LogP contribution in [-0.4, -0.2) is 0 Å².